The van der Waals surface area contributed by atoms with Gasteiger partial charge in [-0.05, 0) is 49.1 Å². The second-order valence-corrected chi connectivity index (χ2v) is 8.84. The first-order valence-corrected chi connectivity index (χ1v) is 12.0. The summed E-state index contributed by atoms with van der Waals surface area (Å²) in [5.41, 5.74) is 1.23. The number of hydrogen-bond donors (Lipinski definition) is 2. The molecule has 3 aromatic rings. The summed E-state index contributed by atoms with van der Waals surface area (Å²) >= 11 is 7.35. The number of aromatic amines is 1. The maximum absolute atomic E-state index is 12.9. The quantitative estimate of drug-likeness (QED) is 0.363. The van der Waals surface area contributed by atoms with Gasteiger partial charge in [-0.15, -0.1) is 11.3 Å². The molecule has 0 radical (unpaired) electrons. The number of fused-ring (bicyclic) bond motifs is 2. The zero-order chi connectivity index (χ0) is 22.3. The van der Waals surface area contributed by atoms with Crippen LogP contribution in [0.4, 0.5) is 0 Å². The maximum atomic E-state index is 12.9. The Labute approximate surface area is 196 Å². The Bertz CT molecular complexity index is 1110. The van der Waals surface area contributed by atoms with Crippen LogP contribution in [0.2, 0.25) is 0 Å². The minimum atomic E-state index is -0.135. The first-order valence-electron chi connectivity index (χ1n) is 10.7. The molecule has 2 aromatic heterocycles. The Hall–Kier alpha value is -2.62. The van der Waals surface area contributed by atoms with E-state index in [-0.39, 0.29) is 5.56 Å². The van der Waals surface area contributed by atoms with Crippen molar-refractivity contribution < 1.29 is 14.2 Å². The summed E-state index contributed by atoms with van der Waals surface area (Å²) in [6, 6.07) is 9.74. The topological polar surface area (TPSA) is 75.8 Å². The number of ether oxygens (including phenoxy) is 3. The number of nitrogens with one attached hydrogen (secondary N) is 2. The number of pyridine rings is 1. The van der Waals surface area contributed by atoms with Crippen LogP contribution < -0.4 is 20.3 Å². The molecule has 0 bridgehead atoms. The van der Waals surface area contributed by atoms with Crippen molar-refractivity contribution in [1.29, 1.82) is 0 Å². The summed E-state index contributed by atoms with van der Waals surface area (Å²) in [6.07, 6.45) is 0.866. The highest BCUT2D eigenvalue weighted by molar-refractivity contribution is 7.80. The zero-order valence-corrected chi connectivity index (χ0v) is 19.7. The molecule has 1 aromatic carbocycles. The first-order chi connectivity index (χ1) is 15.6. The Balaban J connectivity index is 1.54. The summed E-state index contributed by atoms with van der Waals surface area (Å²) in [5, 5.41) is 6.87. The standard InChI is InChI=1S/C23H27N3O4S2/c1-2-28-7-4-6-24-23(31)26(15-18-5-3-10-32-18)14-17-11-16-12-20-21(30-9-8-29-20)13-19(16)25-22(17)27/h3,5,10-13H,2,4,6-9,14-15H2,1H3,(H,24,31)(H,25,27). The van der Waals surface area contributed by atoms with Crippen LogP contribution in [-0.2, 0) is 17.8 Å². The van der Waals surface area contributed by atoms with E-state index in [9.17, 15) is 4.79 Å². The van der Waals surface area contributed by atoms with Gasteiger partial charge in [0.1, 0.15) is 13.2 Å². The monoisotopic (exact) mass is 473 g/mol. The highest BCUT2D eigenvalue weighted by Crippen LogP contribution is 2.33. The molecule has 0 amide bonds. The van der Waals surface area contributed by atoms with Crippen LogP contribution >= 0.6 is 23.6 Å². The highest BCUT2D eigenvalue weighted by atomic mass is 32.1. The molecule has 0 atom stereocenters. The number of hydrogen-bond acceptors (Lipinski definition) is 6. The predicted molar refractivity (Wildman–Crippen MR) is 131 cm³/mol. The lowest BCUT2D eigenvalue weighted by Gasteiger charge is -2.25. The Morgan fingerprint density at radius 3 is 2.81 bits per heavy atom. The molecule has 0 fully saturated rings. The average molecular weight is 474 g/mol. The van der Waals surface area contributed by atoms with Gasteiger partial charge in [-0.1, -0.05) is 6.07 Å². The van der Waals surface area contributed by atoms with E-state index in [2.05, 4.69) is 16.4 Å². The van der Waals surface area contributed by atoms with Crippen molar-refractivity contribution in [3.8, 4) is 11.5 Å². The lowest BCUT2D eigenvalue weighted by molar-refractivity contribution is 0.145. The number of rotatable bonds is 9. The molecule has 1 aliphatic rings. The molecule has 170 valence electrons. The minimum Gasteiger partial charge on any atom is -0.486 e. The molecule has 0 saturated heterocycles. The third-order valence-corrected chi connectivity index (χ3v) is 6.37. The van der Waals surface area contributed by atoms with Gasteiger partial charge >= 0.3 is 0 Å². The molecule has 7 nitrogen and oxygen atoms in total. The van der Waals surface area contributed by atoms with E-state index in [0.717, 1.165) is 23.9 Å². The van der Waals surface area contributed by atoms with Gasteiger partial charge in [0, 0.05) is 41.7 Å². The van der Waals surface area contributed by atoms with Gasteiger partial charge in [0.15, 0.2) is 16.6 Å². The number of aromatic nitrogens is 1. The molecular weight excluding hydrogens is 446 g/mol. The second kappa shape index (κ2) is 10.8. The summed E-state index contributed by atoms with van der Waals surface area (Å²) in [4.78, 5) is 19.0. The molecule has 0 unspecified atom stereocenters. The largest absolute Gasteiger partial charge is 0.486 e. The fraction of sp³-hybridized carbons (Fsp3) is 0.391. The van der Waals surface area contributed by atoms with E-state index in [4.69, 9.17) is 26.4 Å². The van der Waals surface area contributed by atoms with Gasteiger partial charge in [-0.2, -0.15) is 0 Å². The van der Waals surface area contributed by atoms with Gasteiger partial charge < -0.3 is 29.4 Å². The van der Waals surface area contributed by atoms with Crippen molar-refractivity contribution in [1.82, 2.24) is 15.2 Å². The predicted octanol–water partition coefficient (Wildman–Crippen LogP) is 3.66. The van der Waals surface area contributed by atoms with Crippen molar-refractivity contribution in [3.05, 3.63) is 56.5 Å². The summed E-state index contributed by atoms with van der Waals surface area (Å²) in [7, 11) is 0. The van der Waals surface area contributed by atoms with Crippen molar-refractivity contribution in [2.75, 3.05) is 33.0 Å². The SMILES string of the molecule is CCOCCCNC(=S)N(Cc1cccs1)Cc1cc2cc3c(cc2[nH]c1=O)OCCO3. The lowest BCUT2D eigenvalue weighted by atomic mass is 10.1. The van der Waals surface area contributed by atoms with E-state index in [0.29, 0.717) is 61.7 Å². The fourth-order valence-electron chi connectivity index (χ4n) is 3.53. The minimum absolute atomic E-state index is 0.135. The Morgan fingerprint density at radius 1 is 1.25 bits per heavy atom. The molecule has 1 aliphatic heterocycles. The lowest BCUT2D eigenvalue weighted by Crippen LogP contribution is -2.40. The van der Waals surface area contributed by atoms with E-state index < -0.39 is 0 Å². The van der Waals surface area contributed by atoms with E-state index >= 15 is 0 Å². The number of thiocarbonyl (C=S) groups is 1. The van der Waals surface area contributed by atoms with Crippen LogP contribution in [0.5, 0.6) is 11.5 Å². The third-order valence-electron chi connectivity index (χ3n) is 5.10. The van der Waals surface area contributed by atoms with Crippen LogP contribution in [0, 0.1) is 0 Å². The molecule has 0 aliphatic carbocycles. The Kier molecular flexibility index (Phi) is 7.62. The third kappa shape index (κ3) is 5.59. The van der Waals surface area contributed by atoms with Gasteiger partial charge in [-0.3, -0.25) is 4.79 Å². The van der Waals surface area contributed by atoms with Crippen LogP contribution in [0.3, 0.4) is 0 Å². The van der Waals surface area contributed by atoms with Crippen LogP contribution in [0.1, 0.15) is 23.8 Å². The maximum Gasteiger partial charge on any atom is 0.253 e. The van der Waals surface area contributed by atoms with Crippen molar-refractivity contribution in [3.63, 3.8) is 0 Å². The number of H-pyrrole nitrogens is 1. The fourth-order valence-corrected chi connectivity index (χ4v) is 4.48. The van der Waals surface area contributed by atoms with E-state index in [1.54, 1.807) is 11.3 Å². The molecule has 3 heterocycles. The number of benzene rings is 1. The van der Waals surface area contributed by atoms with Crippen LogP contribution in [-0.4, -0.2) is 48.0 Å². The Morgan fingerprint density at radius 2 is 2.06 bits per heavy atom. The number of nitrogens with zero attached hydrogens (tertiary/aromatic N) is 1. The smallest absolute Gasteiger partial charge is 0.253 e. The molecule has 9 heteroatoms. The van der Waals surface area contributed by atoms with Crippen molar-refractivity contribution >= 4 is 39.6 Å². The highest BCUT2D eigenvalue weighted by Gasteiger charge is 2.17. The van der Waals surface area contributed by atoms with Crippen LogP contribution in [0.25, 0.3) is 10.9 Å². The summed E-state index contributed by atoms with van der Waals surface area (Å²) in [6.45, 7) is 6.16. The van der Waals surface area contributed by atoms with Gasteiger partial charge in [0.2, 0.25) is 0 Å². The van der Waals surface area contributed by atoms with Crippen molar-refractivity contribution in [2.45, 2.75) is 26.4 Å². The molecule has 2 N–H and O–H groups in total. The van der Waals surface area contributed by atoms with Gasteiger partial charge in [0.25, 0.3) is 5.56 Å². The van der Waals surface area contributed by atoms with Gasteiger partial charge in [0.05, 0.1) is 18.6 Å². The van der Waals surface area contributed by atoms with Gasteiger partial charge in [-0.25, -0.2) is 0 Å². The van der Waals surface area contributed by atoms with E-state index in [1.807, 2.05) is 41.5 Å². The zero-order valence-electron chi connectivity index (χ0n) is 18.0. The summed E-state index contributed by atoms with van der Waals surface area (Å²) < 4.78 is 16.7. The summed E-state index contributed by atoms with van der Waals surface area (Å²) in [5.74, 6) is 1.35. The van der Waals surface area contributed by atoms with Crippen LogP contribution in [0.15, 0.2) is 40.5 Å². The average Bonchev–Trinajstić information content (AvgIpc) is 3.31. The normalized spacial score (nSPS) is 12.7. The molecule has 4 rings (SSSR count). The molecule has 0 saturated carbocycles. The number of thiophene rings is 1. The second-order valence-electron chi connectivity index (χ2n) is 7.42. The molecular formula is C23H27N3O4S2. The molecule has 0 spiro atoms. The molecule has 32 heavy (non-hydrogen) atoms. The van der Waals surface area contributed by atoms with Crippen molar-refractivity contribution in [2.24, 2.45) is 0 Å². The van der Waals surface area contributed by atoms with E-state index in [1.165, 1.54) is 4.88 Å². The first kappa shape index (κ1) is 22.6.